The molecule has 0 radical (unpaired) electrons. The molecule has 0 aliphatic heterocycles. The molecular weight excluding hydrogens is 335 g/mol. The number of rotatable bonds is 5. The molecule has 2 aromatic carbocycles. The molecular formula is C16H12F3N5O. The van der Waals surface area contributed by atoms with Crippen LogP contribution in [0.3, 0.4) is 0 Å². The Balaban J connectivity index is 1.66. The van der Waals surface area contributed by atoms with Crippen molar-refractivity contribution in [2.45, 2.75) is 13.0 Å². The molecule has 0 unspecified atom stereocenters. The van der Waals surface area contributed by atoms with Gasteiger partial charge in [-0.1, -0.05) is 12.1 Å². The first-order chi connectivity index (χ1) is 12.0. The number of halogens is 3. The van der Waals surface area contributed by atoms with E-state index < -0.39 is 11.6 Å². The maximum atomic E-state index is 13.3. The summed E-state index contributed by atoms with van der Waals surface area (Å²) in [6, 6.07) is 8.80. The molecule has 1 heterocycles. The zero-order chi connectivity index (χ0) is 17.8. The Kier molecular flexibility index (Phi) is 4.73. The van der Waals surface area contributed by atoms with Gasteiger partial charge >= 0.3 is 0 Å². The van der Waals surface area contributed by atoms with Crippen LogP contribution in [0.2, 0.25) is 0 Å². The lowest BCUT2D eigenvalue weighted by molar-refractivity contribution is -0.120. The average molecular weight is 347 g/mol. The van der Waals surface area contributed by atoms with Crippen LogP contribution < -0.4 is 5.32 Å². The molecule has 3 rings (SSSR count). The summed E-state index contributed by atoms with van der Waals surface area (Å²) in [5.41, 5.74) is 0.880. The lowest BCUT2D eigenvalue weighted by Crippen LogP contribution is -2.26. The zero-order valence-corrected chi connectivity index (χ0v) is 12.8. The van der Waals surface area contributed by atoms with Crippen LogP contribution in [0.4, 0.5) is 13.2 Å². The molecule has 6 nitrogen and oxygen atoms in total. The topological polar surface area (TPSA) is 72.7 Å². The Morgan fingerprint density at radius 1 is 1.04 bits per heavy atom. The second-order valence-corrected chi connectivity index (χ2v) is 5.19. The number of nitrogens with one attached hydrogen (secondary N) is 1. The summed E-state index contributed by atoms with van der Waals surface area (Å²) >= 11 is 0. The lowest BCUT2D eigenvalue weighted by atomic mass is 10.1. The van der Waals surface area contributed by atoms with E-state index in [0.717, 1.165) is 12.1 Å². The highest BCUT2D eigenvalue weighted by molar-refractivity contribution is 5.78. The number of hydrogen-bond donors (Lipinski definition) is 1. The minimum atomic E-state index is -1.03. The molecule has 0 spiro atoms. The molecule has 3 aromatic rings. The fourth-order valence-electron chi connectivity index (χ4n) is 2.16. The summed E-state index contributed by atoms with van der Waals surface area (Å²) < 4.78 is 40.4. The number of benzene rings is 2. The van der Waals surface area contributed by atoms with E-state index >= 15 is 0 Å². The summed E-state index contributed by atoms with van der Waals surface area (Å²) in [6.07, 6.45) is 0.0625. The lowest BCUT2D eigenvalue weighted by Gasteiger charge is -2.07. The maximum absolute atomic E-state index is 13.3. The number of carbonyl (C=O) groups is 1. The van der Waals surface area contributed by atoms with Gasteiger partial charge in [-0.3, -0.25) is 4.79 Å². The first kappa shape index (κ1) is 16.6. The highest BCUT2D eigenvalue weighted by Crippen LogP contribution is 2.13. The van der Waals surface area contributed by atoms with Crippen molar-refractivity contribution < 1.29 is 18.0 Å². The van der Waals surface area contributed by atoms with E-state index in [-0.39, 0.29) is 36.2 Å². The minimum Gasteiger partial charge on any atom is -0.348 e. The summed E-state index contributed by atoms with van der Waals surface area (Å²) in [5.74, 6) is -2.45. The number of carbonyl (C=O) groups excluding carboxylic acids is 1. The molecule has 0 aliphatic carbocycles. The first-order valence-electron chi connectivity index (χ1n) is 7.27. The summed E-state index contributed by atoms with van der Waals surface area (Å²) in [5, 5.41) is 13.6. The highest BCUT2D eigenvalue weighted by atomic mass is 19.2. The Morgan fingerprint density at radius 3 is 2.52 bits per heavy atom. The molecule has 25 heavy (non-hydrogen) atoms. The average Bonchev–Trinajstić information content (AvgIpc) is 3.06. The van der Waals surface area contributed by atoms with Gasteiger partial charge in [-0.05, 0) is 40.3 Å². The van der Waals surface area contributed by atoms with Gasteiger partial charge in [0.25, 0.3) is 0 Å². The third kappa shape index (κ3) is 4.00. The van der Waals surface area contributed by atoms with Crippen LogP contribution in [-0.4, -0.2) is 26.1 Å². The normalized spacial score (nSPS) is 10.7. The number of amides is 1. The molecule has 0 saturated heterocycles. The molecule has 1 aromatic heterocycles. The highest BCUT2D eigenvalue weighted by Gasteiger charge is 2.12. The second kappa shape index (κ2) is 7.12. The summed E-state index contributed by atoms with van der Waals surface area (Å²) in [7, 11) is 0. The molecule has 0 aliphatic rings. The number of tetrazole rings is 1. The van der Waals surface area contributed by atoms with Gasteiger partial charge in [0, 0.05) is 6.07 Å². The predicted molar refractivity (Wildman–Crippen MR) is 81.0 cm³/mol. The summed E-state index contributed by atoms with van der Waals surface area (Å²) in [4.78, 5) is 11.9. The van der Waals surface area contributed by atoms with Gasteiger partial charge in [-0.15, -0.1) is 5.10 Å². The van der Waals surface area contributed by atoms with E-state index in [9.17, 15) is 18.0 Å². The monoisotopic (exact) mass is 347 g/mol. The molecule has 0 fully saturated rings. The number of nitrogens with zero attached hydrogens (tertiary/aromatic N) is 4. The van der Waals surface area contributed by atoms with Crippen molar-refractivity contribution in [3.8, 4) is 5.69 Å². The molecule has 1 amide bonds. The predicted octanol–water partition coefficient (Wildman–Crippen LogP) is 1.94. The molecule has 0 bridgehead atoms. The molecule has 0 saturated carbocycles. The van der Waals surface area contributed by atoms with Gasteiger partial charge in [0.2, 0.25) is 5.91 Å². The standard InChI is InChI=1S/C16H12F3N5O/c17-11-3-1-10(2-4-11)7-16(25)20-9-15-21-22-23-24(15)12-5-6-13(18)14(19)8-12/h1-6,8H,7,9H2,(H,20,25). The molecule has 128 valence electrons. The quantitative estimate of drug-likeness (QED) is 0.766. The number of hydrogen-bond acceptors (Lipinski definition) is 4. The second-order valence-electron chi connectivity index (χ2n) is 5.19. The van der Waals surface area contributed by atoms with Gasteiger partial charge in [-0.25, -0.2) is 13.2 Å². The van der Waals surface area contributed by atoms with Crippen LogP contribution in [0.5, 0.6) is 0 Å². The third-order valence-corrected chi connectivity index (χ3v) is 3.40. The van der Waals surface area contributed by atoms with Crippen molar-refractivity contribution in [1.29, 1.82) is 0 Å². The van der Waals surface area contributed by atoms with E-state index in [2.05, 4.69) is 20.8 Å². The Bertz CT molecular complexity index is 895. The van der Waals surface area contributed by atoms with Crippen molar-refractivity contribution >= 4 is 5.91 Å². The van der Waals surface area contributed by atoms with Crippen molar-refractivity contribution in [2.75, 3.05) is 0 Å². The van der Waals surface area contributed by atoms with Gasteiger partial charge < -0.3 is 5.32 Å². The largest absolute Gasteiger partial charge is 0.348 e. The van der Waals surface area contributed by atoms with Crippen LogP contribution in [0, 0.1) is 17.5 Å². The zero-order valence-electron chi connectivity index (χ0n) is 12.8. The van der Waals surface area contributed by atoms with E-state index in [1.165, 1.54) is 35.0 Å². The number of aromatic nitrogens is 4. The third-order valence-electron chi connectivity index (χ3n) is 3.40. The Morgan fingerprint density at radius 2 is 1.80 bits per heavy atom. The van der Waals surface area contributed by atoms with Crippen molar-refractivity contribution in [3.63, 3.8) is 0 Å². The van der Waals surface area contributed by atoms with Gasteiger partial charge in [0.15, 0.2) is 17.5 Å². The van der Waals surface area contributed by atoms with Gasteiger partial charge in [0.1, 0.15) is 5.82 Å². The fourth-order valence-corrected chi connectivity index (χ4v) is 2.16. The molecule has 0 atom stereocenters. The Labute approximate surface area is 140 Å². The van der Waals surface area contributed by atoms with Crippen molar-refractivity contribution in [2.24, 2.45) is 0 Å². The van der Waals surface area contributed by atoms with E-state index in [4.69, 9.17) is 0 Å². The fraction of sp³-hybridized carbons (Fsp3) is 0.125. The molecule has 9 heteroatoms. The first-order valence-corrected chi connectivity index (χ1v) is 7.27. The smallest absolute Gasteiger partial charge is 0.224 e. The van der Waals surface area contributed by atoms with Crippen LogP contribution in [0.1, 0.15) is 11.4 Å². The van der Waals surface area contributed by atoms with Crippen molar-refractivity contribution in [3.05, 3.63) is 71.3 Å². The van der Waals surface area contributed by atoms with Crippen molar-refractivity contribution in [1.82, 2.24) is 25.5 Å². The van der Waals surface area contributed by atoms with E-state index in [1.807, 2.05) is 0 Å². The van der Waals surface area contributed by atoms with E-state index in [0.29, 0.717) is 5.56 Å². The van der Waals surface area contributed by atoms with Crippen LogP contribution in [-0.2, 0) is 17.8 Å². The minimum absolute atomic E-state index is 0.00791. The van der Waals surface area contributed by atoms with E-state index in [1.54, 1.807) is 0 Å². The summed E-state index contributed by atoms with van der Waals surface area (Å²) in [6.45, 7) is -0.00791. The van der Waals surface area contributed by atoms with Gasteiger partial charge in [-0.2, -0.15) is 4.68 Å². The maximum Gasteiger partial charge on any atom is 0.224 e. The SMILES string of the molecule is O=C(Cc1ccc(F)cc1)NCc1nnnn1-c1ccc(F)c(F)c1. The van der Waals surface area contributed by atoms with Crippen LogP contribution >= 0.6 is 0 Å². The van der Waals surface area contributed by atoms with Crippen LogP contribution in [0.25, 0.3) is 5.69 Å². The molecule has 1 N–H and O–H groups in total. The van der Waals surface area contributed by atoms with Gasteiger partial charge in [0.05, 0.1) is 18.7 Å². The Hall–Kier alpha value is -3.23. The van der Waals surface area contributed by atoms with Crippen LogP contribution in [0.15, 0.2) is 42.5 Å².